The third-order valence-electron chi connectivity index (χ3n) is 3.06. The number of likely N-dealkylation sites (tertiary alicyclic amines) is 1. The molecule has 1 aromatic carbocycles. The Labute approximate surface area is 122 Å². The highest BCUT2D eigenvalue weighted by atomic mass is 35.5. The average molecular weight is 306 g/mol. The first-order chi connectivity index (χ1) is 9.02. The van der Waals surface area contributed by atoms with Crippen molar-refractivity contribution in [1.82, 2.24) is 4.90 Å². The molecule has 1 heterocycles. The summed E-state index contributed by atoms with van der Waals surface area (Å²) in [5.74, 6) is -1.72. The minimum absolute atomic E-state index is 0. The number of carbonyl (C=O) groups excluding carboxylic acids is 1. The molecule has 3 N–H and O–H groups in total. The molecule has 1 aliphatic rings. The zero-order valence-electron chi connectivity index (χ0n) is 10.9. The number of halogens is 3. The van der Waals surface area contributed by atoms with Crippen molar-refractivity contribution in [2.75, 3.05) is 25.0 Å². The van der Waals surface area contributed by atoms with E-state index in [9.17, 15) is 13.6 Å². The number of nitrogens with one attached hydrogen (secondary N) is 1. The molecule has 7 heteroatoms. The van der Waals surface area contributed by atoms with Crippen LogP contribution >= 0.6 is 12.4 Å². The third-order valence-corrected chi connectivity index (χ3v) is 3.06. The van der Waals surface area contributed by atoms with Crippen molar-refractivity contribution in [2.24, 2.45) is 5.73 Å². The smallest absolute Gasteiger partial charge is 0.238 e. The highest BCUT2D eigenvalue weighted by Gasteiger charge is 2.18. The summed E-state index contributed by atoms with van der Waals surface area (Å²) in [6.07, 6.45) is 1.93. The van der Waals surface area contributed by atoms with Gasteiger partial charge >= 0.3 is 0 Å². The zero-order chi connectivity index (χ0) is 13.8. The summed E-state index contributed by atoms with van der Waals surface area (Å²) in [7, 11) is 0. The second kappa shape index (κ2) is 7.52. The SMILES string of the molecule is Cl.N[C@@H]1CCCN(CC(=O)Nc2cc(F)cc(F)c2)C1. The fourth-order valence-electron chi connectivity index (χ4n) is 2.26. The van der Waals surface area contributed by atoms with Gasteiger partial charge in [-0.15, -0.1) is 12.4 Å². The molecule has 1 saturated heterocycles. The summed E-state index contributed by atoms with van der Waals surface area (Å²) in [4.78, 5) is 13.7. The van der Waals surface area contributed by atoms with Crippen molar-refractivity contribution in [2.45, 2.75) is 18.9 Å². The Morgan fingerprint density at radius 3 is 2.60 bits per heavy atom. The van der Waals surface area contributed by atoms with Crippen LogP contribution in [0.3, 0.4) is 0 Å². The average Bonchev–Trinajstić information content (AvgIpc) is 2.26. The standard InChI is InChI=1S/C13H17F2N3O.ClH/c14-9-4-10(15)6-12(5-9)17-13(19)8-18-3-1-2-11(16)7-18;/h4-6,11H,1-3,7-8,16H2,(H,17,19);1H/t11-;/m1./s1. The number of anilines is 1. The highest BCUT2D eigenvalue weighted by Crippen LogP contribution is 2.13. The van der Waals surface area contributed by atoms with Crippen molar-refractivity contribution in [3.05, 3.63) is 29.8 Å². The van der Waals surface area contributed by atoms with Gasteiger partial charge in [0.1, 0.15) is 11.6 Å². The van der Waals surface area contributed by atoms with Gasteiger partial charge in [-0.25, -0.2) is 8.78 Å². The molecule has 0 unspecified atom stereocenters. The fraction of sp³-hybridized carbons (Fsp3) is 0.462. The highest BCUT2D eigenvalue weighted by molar-refractivity contribution is 5.92. The molecule has 0 radical (unpaired) electrons. The van der Waals surface area contributed by atoms with Gasteiger partial charge in [0, 0.05) is 24.3 Å². The van der Waals surface area contributed by atoms with Crippen molar-refractivity contribution in [3.8, 4) is 0 Å². The maximum atomic E-state index is 13.0. The van der Waals surface area contributed by atoms with Gasteiger partial charge in [-0.2, -0.15) is 0 Å². The van der Waals surface area contributed by atoms with Gasteiger partial charge in [0.2, 0.25) is 5.91 Å². The molecule has 4 nitrogen and oxygen atoms in total. The second-order valence-electron chi connectivity index (χ2n) is 4.84. The maximum Gasteiger partial charge on any atom is 0.238 e. The van der Waals surface area contributed by atoms with Crippen molar-refractivity contribution >= 4 is 24.0 Å². The van der Waals surface area contributed by atoms with Crippen LogP contribution in [0.4, 0.5) is 14.5 Å². The lowest BCUT2D eigenvalue weighted by Crippen LogP contribution is -2.45. The molecule has 2 rings (SSSR count). The molecule has 1 fully saturated rings. The summed E-state index contributed by atoms with van der Waals surface area (Å²) >= 11 is 0. The van der Waals surface area contributed by atoms with Crippen molar-refractivity contribution < 1.29 is 13.6 Å². The molecule has 0 spiro atoms. The monoisotopic (exact) mass is 305 g/mol. The predicted molar refractivity (Wildman–Crippen MR) is 75.9 cm³/mol. The van der Waals surface area contributed by atoms with Crippen LogP contribution in [-0.2, 0) is 4.79 Å². The maximum absolute atomic E-state index is 13.0. The minimum Gasteiger partial charge on any atom is -0.327 e. The van der Waals surface area contributed by atoms with Gasteiger partial charge in [0.05, 0.1) is 6.54 Å². The fourth-order valence-corrected chi connectivity index (χ4v) is 2.26. The molecule has 1 aromatic rings. The summed E-state index contributed by atoms with van der Waals surface area (Å²) < 4.78 is 25.9. The Balaban J connectivity index is 0.00000200. The Hall–Kier alpha value is -1.24. The first-order valence-electron chi connectivity index (χ1n) is 6.27. The molecular formula is C13H18ClF2N3O. The number of nitrogens with zero attached hydrogens (tertiary/aromatic N) is 1. The van der Waals surface area contributed by atoms with Crippen molar-refractivity contribution in [3.63, 3.8) is 0 Å². The number of nitrogens with two attached hydrogens (primary N) is 1. The van der Waals surface area contributed by atoms with E-state index in [1.165, 1.54) is 0 Å². The molecule has 0 aliphatic carbocycles. The molecule has 1 amide bonds. The third kappa shape index (κ3) is 5.03. The van der Waals surface area contributed by atoms with Gasteiger partial charge in [-0.1, -0.05) is 0 Å². The molecule has 20 heavy (non-hydrogen) atoms. The number of benzene rings is 1. The largest absolute Gasteiger partial charge is 0.327 e. The van der Waals surface area contributed by atoms with E-state index in [1.807, 2.05) is 4.90 Å². The number of rotatable bonds is 3. The van der Waals surface area contributed by atoms with Crippen LogP contribution in [-0.4, -0.2) is 36.5 Å². The van der Waals surface area contributed by atoms with E-state index in [0.29, 0.717) is 6.54 Å². The van der Waals surface area contributed by atoms with Gasteiger partial charge in [-0.3, -0.25) is 9.69 Å². The Morgan fingerprint density at radius 1 is 1.35 bits per heavy atom. The lowest BCUT2D eigenvalue weighted by Gasteiger charge is -2.29. The Kier molecular flexibility index (Phi) is 6.32. The summed E-state index contributed by atoms with van der Waals surface area (Å²) in [6, 6.07) is 3.03. The molecule has 1 atom stereocenters. The summed E-state index contributed by atoms with van der Waals surface area (Å²) in [6.45, 7) is 1.68. The summed E-state index contributed by atoms with van der Waals surface area (Å²) in [5, 5.41) is 2.48. The lowest BCUT2D eigenvalue weighted by molar-refractivity contribution is -0.117. The molecule has 1 aliphatic heterocycles. The van der Waals surface area contributed by atoms with Gasteiger partial charge < -0.3 is 11.1 Å². The van der Waals surface area contributed by atoms with Crippen LogP contribution in [0.25, 0.3) is 0 Å². The van der Waals surface area contributed by atoms with E-state index in [4.69, 9.17) is 5.73 Å². The van der Waals surface area contributed by atoms with Gasteiger partial charge in [-0.05, 0) is 31.5 Å². The number of piperidine rings is 1. The molecule has 0 bridgehead atoms. The van der Waals surface area contributed by atoms with E-state index in [0.717, 1.165) is 37.6 Å². The van der Waals surface area contributed by atoms with Crippen molar-refractivity contribution in [1.29, 1.82) is 0 Å². The number of carbonyl (C=O) groups is 1. The quantitative estimate of drug-likeness (QED) is 0.894. The first-order valence-corrected chi connectivity index (χ1v) is 6.27. The van der Waals surface area contributed by atoms with Crippen LogP contribution < -0.4 is 11.1 Å². The first kappa shape index (κ1) is 16.8. The zero-order valence-corrected chi connectivity index (χ0v) is 11.8. The number of hydrogen-bond donors (Lipinski definition) is 2. The number of hydrogen-bond acceptors (Lipinski definition) is 3. The topological polar surface area (TPSA) is 58.4 Å². The Bertz CT molecular complexity index is 453. The molecule has 112 valence electrons. The van der Waals surface area contributed by atoms with Gasteiger partial charge in [0.15, 0.2) is 0 Å². The van der Waals surface area contributed by atoms with Crippen LogP contribution in [0.1, 0.15) is 12.8 Å². The lowest BCUT2D eigenvalue weighted by atomic mass is 10.1. The predicted octanol–water partition coefficient (Wildman–Crippen LogP) is 1.75. The number of amides is 1. The van der Waals surface area contributed by atoms with Crippen LogP contribution in [0.5, 0.6) is 0 Å². The van der Waals surface area contributed by atoms with Crippen LogP contribution in [0, 0.1) is 11.6 Å². The van der Waals surface area contributed by atoms with E-state index < -0.39 is 11.6 Å². The molecular weight excluding hydrogens is 288 g/mol. The van der Waals surface area contributed by atoms with E-state index in [1.54, 1.807) is 0 Å². The van der Waals surface area contributed by atoms with Crippen LogP contribution in [0.15, 0.2) is 18.2 Å². The molecule has 0 saturated carbocycles. The van der Waals surface area contributed by atoms with Gasteiger partial charge in [0.25, 0.3) is 0 Å². The molecule has 0 aromatic heterocycles. The normalized spacial score (nSPS) is 19.2. The second-order valence-corrected chi connectivity index (χ2v) is 4.84. The van der Waals surface area contributed by atoms with E-state index in [-0.39, 0.29) is 36.6 Å². The Morgan fingerprint density at radius 2 is 2.00 bits per heavy atom. The minimum atomic E-state index is -0.713. The van der Waals surface area contributed by atoms with Crippen LogP contribution in [0.2, 0.25) is 0 Å². The van der Waals surface area contributed by atoms with E-state index >= 15 is 0 Å². The van der Waals surface area contributed by atoms with E-state index in [2.05, 4.69) is 5.32 Å². The summed E-state index contributed by atoms with van der Waals surface area (Å²) in [5.41, 5.74) is 5.95.